The summed E-state index contributed by atoms with van der Waals surface area (Å²) in [5, 5.41) is 9.03. The predicted molar refractivity (Wildman–Crippen MR) is 79.4 cm³/mol. The first-order valence-corrected chi connectivity index (χ1v) is 7.78. The molecule has 2 unspecified atom stereocenters. The molecule has 0 bridgehead atoms. The fraction of sp³-hybridized carbons (Fsp3) is 0.529. The first kappa shape index (κ1) is 14.1. The minimum atomic E-state index is -0.990. The van der Waals surface area contributed by atoms with Crippen molar-refractivity contribution in [2.75, 3.05) is 13.1 Å². The Bertz CT molecular complexity index is 555. The van der Waals surface area contributed by atoms with Gasteiger partial charge in [0.1, 0.15) is 0 Å². The highest BCUT2D eigenvalue weighted by Crippen LogP contribution is 2.36. The number of likely N-dealkylation sites (tertiary alicyclic amines) is 1. The van der Waals surface area contributed by atoms with Crippen molar-refractivity contribution in [2.24, 2.45) is 11.8 Å². The van der Waals surface area contributed by atoms with Crippen LogP contribution >= 0.6 is 0 Å². The summed E-state index contributed by atoms with van der Waals surface area (Å²) in [5.74, 6) is 0.407. The molecule has 4 heteroatoms. The third-order valence-corrected chi connectivity index (χ3v) is 4.93. The molecule has 1 aromatic rings. The van der Waals surface area contributed by atoms with Crippen molar-refractivity contribution in [2.45, 2.75) is 32.1 Å². The third-order valence-electron chi connectivity index (χ3n) is 4.93. The van der Waals surface area contributed by atoms with Gasteiger partial charge in [-0.3, -0.25) is 4.79 Å². The molecule has 2 fully saturated rings. The zero-order valence-electron chi connectivity index (χ0n) is 12.1. The number of rotatable bonds is 2. The molecule has 1 aliphatic heterocycles. The molecule has 3 rings (SSSR count). The average Bonchev–Trinajstić information content (AvgIpc) is 2.53. The summed E-state index contributed by atoms with van der Waals surface area (Å²) < 4.78 is 0. The number of hydrogen-bond donors (Lipinski definition) is 1. The number of piperidine rings is 1. The monoisotopic (exact) mass is 287 g/mol. The number of aromatic carboxylic acids is 1. The molecule has 2 atom stereocenters. The van der Waals surface area contributed by atoms with Gasteiger partial charge in [0.15, 0.2) is 0 Å². The second kappa shape index (κ2) is 5.88. The topological polar surface area (TPSA) is 57.6 Å². The summed E-state index contributed by atoms with van der Waals surface area (Å²) in [5.41, 5.74) is 0.664. The molecule has 0 radical (unpaired) electrons. The van der Waals surface area contributed by atoms with Crippen molar-refractivity contribution in [3.05, 3.63) is 35.4 Å². The lowest BCUT2D eigenvalue weighted by atomic mass is 9.75. The number of amides is 1. The van der Waals surface area contributed by atoms with Crippen molar-refractivity contribution < 1.29 is 14.7 Å². The molecule has 0 aromatic heterocycles. The van der Waals surface area contributed by atoms with Gasteiger partial charge in [0.25, 0.3) is 5.91 Å². The molecule has 21 heavy (non-hydrogen) atoms. The van der Waals surface area contributed by atoms with Crippen LogP contribution in [0.3, 0.4) is 0 Å². The zero-order valence-corrected chi connectivity index (χ0v) is 12.1. The van der Waals surface area contributed by atoms with Gasteiger partial charge < -0.3 is 10.0 Å². The molecule has 1 saturated carbocycles. The minimum Gasteiger partial charge on any atom is -0.478 e. The van der Waals surface area contributed by atoms with E-state index in [0.29, 0.717) is 11.5 Å². The molecule has 1 N–H and O–H groups in total. The highest BCUT2D eigenvalue weighted by Gasteiger charge is 2.33. The summed E-state index contributed by atoms with van der Waals surface area (Å²) >= 11 is 0. The molecule has 2 aliphatic rings. The van der Waals surface area contributed by atoms with E-state index in [1.807, 2.05) is 4.90 Å². The molecule has 1 heterocycles. The first-order valence-electron chi connectivity index (χ1n) is 7.78. The standard InChI is InChI=1S/C17H21NO3/c19-16(13-6-3-7-14(10-13)17(20)21)18-9-8-12-4-1-2-5-15(12)11-18/h3,6-7,10,12,15H,1-2,4-5,8-9,11H2,(H,20,21). The quantitative estimate of drug-likeness (QED) is 0.909. The van der Waals surface area contributed by atoms with Gasteiger partial charge in [-0.1, -0.05) is 25.3 Å². The Labute approximate surface area is 124 Å². The van der Waals surface area contributed by atoms with Crippen molar-refractivity contribution in [3.63, 3.8) is 0 Å². The highest BCUT2D eigenvalue weighted by atomic mass is 16.4. The minimum absolute atomic E-state index is 0.0258. The predicted octanol–water partition coefficient (Wildman–Crippen LogP) is 3.04. The van der Waals surface area contributed by atoms with Crippen molar-refractivity contribution in [1.82, 2.24) is 4.90 Å². The summed E-state index contributed by atoms with van der Waals surface area (Å²) in [4.78, 5) is 25.5. The Kier molecular flexibility index (Phi) is 3.95. The highest BCUT2D eigenvalue weighted by molar-refractivity contribution is 5.97. The van der Waals surface area contributed by atoms with Gasteiger partial charge in [-0.05, 0) is 42.9 Å². The zero-order chi connectivity index (χ0) is 14.8. The van der Waals surface area contributed by atoms with Gasteiger partial charge in [-0.25, -0.2) is 4.79 Å². The van der Waals surface area contributed by atoms with Crippen LogP contribution < -0.4 is 0 Å². The Hall–Kier alpha value is -1.84. The Morgan fingerprint density at radius 3 is 2.52 bits per heavy atom. The van der Waals surface area contributed by atoms with Crippen LogP contribution in [0.4, 0.5) is 0 Å². The second-order valence-corrected chi connectivity index (χ2v) is 6.23. The number of benzene rings is 1. The van der Waals surface area contributed by atoms with E-state index in [0.717, 1.165) is 25.4 Å². The fourth-order valence-electron chi connectivity index (χ4n) is 3.75. The van der Waals surface area contributed by atoms with E-state index < -0.39 is 5.97 Å². The Morgan fingerprint density at radius 1 is 1.05 bits per heavy atom. The molecule has 1 aromatic carbocycles. The van der Waals surface area contributed by atoms with Crippen molar-refractivity contribution in [1.29, 1.82) is 0 Å². The van der Waals surface area contributed by atoms with Gasteiger partial charge in [-0.2, -0.15) is 0 Å². The number of carboxylic acid groups (broad SMARTS) is 1. The SMILES string of the molecule is O=C(O)c1cccc(C(=O)N2CCC3CCCCC3C2)c1. The van der Waals surface area contributed by atoms with Crippen LogP contribution in [0.15, 0.2) is 24.3 Å². The van der Waals surface area contributed by atoms with E-state index in [2.05, 4.69) is 0 Å². The largest absolute Gasteiger partial charge is 0.478 e. The molecular weight excluding hydrogens is 266 g/mol. The van der Waals surface area contributed by atoms with E-state index in [4.69, 9.17) is 5.11 Å². The van der Waals surface area contributed by atoms with Crippen LogP contribution in [0.1, 0.15) is 52.8 Å². The number of carbonyl (C=O) groups excluding carboxylic acids is 1. The summed E-state index contributed by atoms with van der Waals surface area (Å²) in [6, 6.07) is 6.36. The lowest BCUT2D eigenvalue weighted by molar-refractivity contribution is 0.0521. The second-order valence-electron chi connectivity index (χ2n) is 6.23. The van der Waals surface area contributed by atoms with Crippen LogP contribution in [0, 0.1) is 11.8 Å². The average molecular weight is 287 g/mol. The molecule has 0 spiro atoms. The molecule has 112 valence electrons. The molecule has 1 amide bonds. The molecule has 1 aliphatic carbocycles. The van der Waals surface area contributed by atoms with Crippen molar-refractivity contribution >= 4 is 11.9 Å². The van der Waals surface area contributed by atoms with E-state index in [1.54, 1.807) is 12.1 Å². The van der Waals surface area contributed by atoms with Gasteiger partial charge in [0.05, 0.1) is 5.56 Å². The first-order chi connectivity index (χ1) is 10.1. The van der Waals surface area contributed by atoms with Crippen LogP contribution in [0.2, 0.25) is 0 Å². The Morgan fingerprint density at radius 2 is 1.76 bits per heavy atom. The van der Waals surface area contributed by atoms with E-state index >= 15 is 0 Å². The van der Waals surface area contributed by atoms with Crippen LogP contribution in [0.5, 0.6) is 0 Å². The number of hydrogen-bond acceptors (Lipinski definition) is 2. The third kappa shape index (κ3) is 2.94. The van der Waals surface area contributed by atoms with Crippen LogP contribution in [-0.4, -0.2) is 35.0 Å². The molecular formula is C17H21NO3. The number of nitrogens with zero attached hydrogens (tertiary/aromatic N) is 1. The number of carboxylic acids is 1. The smallest absolute Gasteiger partial charge is 0.335 e. The summed E-state index contributed by atoms with van der Waals surface area (Å²) in [7, 11) is 0. The normalized spacial score (nSPS) is 25.2. The lowest BCUT2D eigenvalue weighted by Gasteiger charge is -2.41. The maximum Gasteiger partial charge on any atom is 0.335 e. The number of carbonyl (C=O) groups is 2. The maximum atomic E-state index is 12.6. The van der Waals surface area contributed by atoms with Crippen molar-refractivity contribution in [3.8, 4) is 0 Å². The molecule has 4 nitrogen and oxygen atoms in total. The molecule has 1 saturated heterocycles. The van der Waals surface area contributed by atoms with Gasteiger partial charge >= 0.3 is 5.97 Å². The van der Waals surface area contributed by atoms with Gasteiger partial charge in [-0.15, -0.1) is 0 Å². The summed E-state index contributed by atoms with van der Waals surface area (Å²) in [6.45, 7) is 1.64. The summed E-state index contributed by atoms with van der Waals surface area (Å²) in [6.07, 6.45) is 6.23. The van der Waals surface area contributed by atoms with Gasteiger partial charge in [0, 0.05) is 18.7 Å². The number of fused-ring (bicyclic) bond motifs is 1. The van der Waals surface area contributed by atoms with Gasteiger partial charge in [0.2, 0.25) is 0 Å². The van der Waals surface area contributed by atoms with Crippen LogP contribution in [0.25, 0.3) is 0 Å². The van der Waals surface area contributed by atoms with E-state index in [-0.39, 0.29) is 11.5 Å². The lowest BCUT2D eigenvalue weighted by Crippen LogP contribution is -2.44. The Balaban J connectivity index is 1.73. The fourth-order valence-corrected chi connectivity index (χ4v) is 3.75. The maximum absolute atomic E-state index is 12.6. The van der Waals surface area contributed by atoms with Crippen LogP contribution in [-0.2, 0) is 0 Å². The van der Waals surface area contributed by atoms with E-state index in [1.165, 1.54) is 37.8 Å². The van der Waals surface area contributed by atoms with E-state index in [9.17, 15) is 9.59 Å².